The number of ether oxygens (including phenoxy) is 2. The lowest BCUT2D eigenvalue weighted by Crippen LogP contribution is -2.11. The fourth-order valence-corrected chi connectivity index (χ4v) is 2.37. The molecule has 2 aromatic carbocycles. The molecule has 0 radical (unpaired) electrons. The molecule has 0 spiro atoms. The summed E-state index contributed by atoms with van der Waals surface area (Å²) < 4.78 is 10.5. The Labute approximate surface area is 120 Å². The van der Waals surface area contributed by atoms with Crippen LogP contribution in [0.1, 0.15) is 10.4 Å². The largest absolute Gasteiger partial charge is 0.454 e. The highest BCUT2D eigenvalue weighted by atomic mass is 16.7. The van der Waals surface area contributed by atoms with Crippen molar-refractivity contribution in [2.24, 2.45) is 0 Å². The quantitative estimate of drug-likeness (QED) is 0.758. The van der Waals surface area contributed by atoms with Crippen LogP contribution in [0.4, 0.5) is 5.69 Å². The first-order valence-corrected chi connectivity index (χ1v) is 6.58. The van der Waals surface area contributed by atoms with Gasteiger partial charge in [0.2, 0.25) is 6.79 Å². The molecule has 0 saturated carbocycles. The zero-order valence-corrected chi connectivity index (χ0v) is 11.1. The number of H-pyrrole nitrogens is 1. The van der Waals surface area contributed by atoms with Crippen molar-refractivity contribution in [3.8, 4) is 11.5 Å². The number of carbonyl (C=O) groups excluding carboxylic acids is 1. The molecule has 1 aromatic heterocycles. The van der Waals surface area contributed by atoms with Gasteiger partial charge in [-0.05, 0) is 35.7 Å². The molecule has 0 saturated heterocycles. The summed E-state index contributed by atoms with van der Waals surface area (Å²) in [4.78, 5) is 15.4. The molecular weight excluding hydrogens is 268 g/mol. The Morgan fingerprint density at radius 1 is 1.05 bits per heavy atom. The lowest BCUT2D eigenvalue weighted by Gasteiger charge is -2.06. The predicted molar refractivity (Wildman–Crippen MR) is 78.8 cm³/mol. The fourth-order valence-electron chi connectivity index (χ4n) is 2.37. The van der Waals surface area contributed by atoms with E-state index in [2.05, 4.69) is 10.3 Å². The second-order valence-electron chi connectivity index (χ2n) is 4.80. The molecule has 2 heterocycles. The summed E-state index contributed by atoms with van der Waals surface area (Å²) in [7, 11) is 0. The molecule has 0 unspecified atom stereocenters. The van der Waals surface area contributed by atoms with Gasteiger partial charge in [-0.15, -0.1) is 0 Å². The standard InChI is InChI=1S/C16H12N2O3/c19-16(11-2-1-10-5-6-17-13(10)7-11)18-12-3-4-14-15(8-12)21-9-20-14/h1-8,17H,9H2,(H,18,19). The van der Waals surface area contributed by atoms with Crippen molar-refractivity contribution in [1.29, 1.82) is 0 Å². The molecule has 3 aromatic rings. The van der Waals surface area contributed by atoms with E-state index in [1.165, 1.54) is 0 Å². The van der Waals surface area contributed by atoms with Crippen molar-refractivity contribution in [2.75, 3.05) is 12.1 Å². The first kappa shape index (κ1) is 11.8. The summed E-state index contributed by atoms with van der Waals surface area (Å²) in [6.45, 7) is 0.218. The van der Waals surface area contributed by atoms with E-state index in [9.17, 15) is 4.79 Å². The molecule has 0 atom stereocenters. The first-order chi connectivity index (χ1) is 10.3. The van der Waals surface area contributed by atoms with Crippen LogP contribution < -0.4 is 14.8 Å². The molecule has 21 heavy (non-hydrogen) atoms. The molecule has 1 amide bonds. The number of rotatable bonds is 2. The summed E-state index contributed by atoms with van der Waals surface area (Å²) in [5.41, 5.74) is 2.21. The van der Waals surface area contributed by atoms with Crippen LogP contribution in [-0.4, -0.2) is 17.7 Å². The van der Waals surface area contributed by atoms with E-state index in [1.807, 2.05) is 24.4 Å². The molecule has 0 fully saturated rings. The third-order valence-corrected chi connectivity index (χ3v) is 3.45. The molecule has 104 valence electrons. The van der Waals surface area contributed by atoms with Crippen LogP contribution >= 0.6 is 0 Å². The van der Waals surface area contributed by atoms with Crippen LogP contribution in [0.2, 0.25) is 0 Å². The summed E-state index contributed by atoms with van der Waals surface area (Å²) in [6.07, 6.45) is 1.85. The van der Waals surface area contributed by atoms with Crippen LogP contribution in [0.15, 0.2) is 48.7 Å². The minimum Gasteiger partial charge on any atom is -0.454 e. The van der Waals surface area contributed by atoms with Crippen molar-refractivity contribution in [1.82, 2.24) is 4.98 Å². The minimum atomic E-state index is -0.162. The van der Waals surface area contributed by atoms with Gasteiger partial charge in [-0.2, -0.15) is 0 Å². The van der Waals surface area contributed by atoms with Gasteiger partial charge in [0.25, 0.3) is 5.91 Å². The van der Waals surface area contributed by atoms with Gasteiger partial charge in [0.05, 0.1) is 0 Å². The van der Waals surface area contributed by atoms with Crippen LogP contribution in [-0.2, 0) is 0 Å². The van der Waals surface area contributed by atoms with Crippen LogP contribution in [0, 0.1) is 0 Å². The van der Waals surface area contributed by atoms with Crippen molar-refractivity contribution < 1.29 is 14.3 Å². The zero-order valence-electron chi connectivity index (χ0n) is 11.1. The Balaban J connectivity index is 1.60. The van der Waals surface area contributed by atoms with Crippen molar-refractivity contribution in [3.05, 3.63) is 54.2 Å². The summed E-state index contributed by atoms with van der Waals surface area (Å²) in [5, 5.41) is 3.93. The molecular formula is C16H12N2O3. The number of hydrogen-bond acceptors (Lipinski definition) is 3. The number of aromatic amines is 1. The fraction of sp³-hybridized carbons (Fsp3) is 0.0625. The zero-order chi connectivity index (χ0) is 14.2. The number of aromatic nitrogens is 1. The van der Waals surface area contributed by atoms with Gasteiger partial charge >= 0.3 is 0 Å². The van der Waals surface area contributed by atoms with E-state index in [-0.39, 0.29) is 12.7 Å². The average molecular weight is 280 g/mol. The number of benzene rings is 2. The molecule has 0 aliphatic carbocycles. The summed E-state index contributed by atoms with van der Waals surface area (Å²) in [5.74, 6) is 1.18. The normalized spacial score (nSPS) is 12.6. The number of amides is 1. The van der Waals surface area contributed by atoms with Crippen LogP contribution in [0.5, 0.6) is 11.5 Å². The van der Waals surface area contributed by atoms with Gasteiger partial charge in [0.1, 0.15) is 0 Å². The molecule has 5 heteroatoms. The molecule has 5 nitrogen and oxygen atoms in total. The smallest absolute Gasteiger partial charge is 0.255 e. The average Bonchev–Trinajstić information content (AvgIpc) is 3.14. The Kier molecular flexibility index (Phi) is 2.57. The first-order valence-electron chi connectivity index (χ1n) is 6.58. The third kappa shape index (κ3) is 2.08. The maximum atomic E-state index is 12.3. The maximum Gasteiger partial charge on any atom is 0.255 e. The molecule has 4 rings (SSSR count). The number of anilines is 1. The second kappa shape index (κ2) is 4.56. The van der Waals surface area contributed by atoms with Crippen LogP contribution in [0.25, 0.3) is 10.9 Å². The van der Waals surface area contributed by atoms with Crippen molar-refractivity contribution in [2.45, 2.75) is 0 Å². The Morgan fingerprint density at radius 2 is 1.95 bits per heavy atom. The van der Waals surface area contributed by atoms with E-state index < -0.39 is 0 Å². The maximum absolute atomic E-state index is 12.3. The highest BCUT2D eigenvalue weighted by Gasteiger charge is 2.14. The lowest BCUT2D eigenvalue weighted by molar-refractivity contribution is 0.102. The molecule has 1 aliphatic rings. The van der Waals surface area contributed by atoms with Gasteiger partial charge < -0.3 is 19.8 Å². The van der Waals surface area contributed by atoms with Gasteiger partial charge in [0, 0.05) is 29.0 Å². The molecule has 2 N–H and O–H groups in total. The number of nitrogens with one attached hydrogen (secondary N) is 2. The monoisotopic (exact) mass is 280 g/mol. The van der Waals surface area contributed by atoms with E-state index in [0.29, 0.717) is 22.7 Å². The Morgan fingerprint density at radius 3 is 2.90 bits per heavy atom. The van der Waals surface area contributed by atoms with E-state index in [0.717, 1.165) is 10.9 Å². The Hall–Kier alpha value is -2.95. The van der Waals surface area contributed by atoms with Crippen molar-refractivity contribution in [3.63, 3.8) is 0 Å². The lowest BCUT2D eigenvalue weighted by atomic mass is 10.1. The van der Waals surface area contributed by atoms with Crippen LogP contribution in [0.3, 0.4) is 0 Å². The predicted octanol–water partition coefficient (Wildman–Crippen LogP) is 3.15. The number of fused-ring (bicyclic) bond motifs is 2. The van der Waals surface area contributed by atoms with Gasteiger partial charge in [-0.3, -0.25) is 4.79 Å². The summed E-state index contributed by atoms with van der Waals surface area (Å²) in [6, 6.07) is 12.9. The number of carbonyl (C=O) groups is 1. The number of hydrogen-bond donors (Lipinski definition) is 2. The molecule has 1 aliphatic heterocycles. The highest BCUT2D eigenvalue weighted by molar-refractivity contribution is 6.06. The van der Waals surface area contributed by atoms with Gasteiger partial charge in [0.15, 0.2) is 11.5 Å². The van der Waals surface area contributed by atoms with Gasteiger partial charge in [-0.1, -0.05) is 6.07 Å². The Bertz CT molecular complexity index is 838. The minimum absolute atomic E-state index is 0.162. The van der Waals surface area contributed by atoms with E-state index in [4.69, 9.17) is 9.47 Å². The van der Waals surface area contributed by atoms with Gasteiger partial charge in [-0.25, -0.2) is 0 Å². The summed E-state index contributed by atoms with van der Waals surface area (Å²) >= 11 is 0. The highest BCUT2D eigenvalue weighted by Crippen LogP contribution is 2.34. The molecule has 0 bridgehead atoms. The second-order valence-corrected chi connectivity index (χ2v) is 4.80. The third-order valence-electron chi connectivity index (χ3n) is 3.45. The topological polar surface area (TPSA) is 63.4 Å². The SMILES string of the molecule is O=C(Nc1ccc2c(c1)OCO2)c1ccc2cc[nH]c2c1. The van der Waals surface area contributed by atoms with Crippen molar-refractivity contribution >= 4 is 22.5 Å². The van der Waals surface area contributed by atoms with E-state index >= 15 is 0 Å². The van der Waals surface area contributed by atoms with E-state index in [1.54, 1.807) is 24.3 Å².